The zero-order valence-electron chi connectivity index (χ0n) is 54.8. The summed E-state index contributed by atoms with van der Waals surface area (Å²) in [5.74, 6) is -0.857. The Bertz CT molecular complexity index is 1350. The summed E-state index contributed by atoms with van der Waals surface area (Å²) in [6.45, 7) is 6.69. The Hall–Kier alpha value is -2.37. The summed E-state index contributed by atoms with van der Waals surface area (Å²) in [6.07, 6.45) is 87.6. The van der Waals surface area contributed by atoms with Crippen molar-refractivity contribution in [2.45, 2.75) is 412 Å². The molecule has 0 saturated heterocycles. The first-order valence-corrected chi connectivity index (χ1v) is 36.5. The van der Waals surface area contributed by atoms with Crippen molar-refractivity contribution in [1.82, 2.24) is 0 Å². The lowest BCUT2D eigenvalue weighted by molar-refractivity contribution is -0.167. The summed E-state index contributed by atoms with van der Waals surface area (Å²) in [6, 6.07) is 0. The van der Waals surface area contributed by atoms with Crippen molar-refractivity contribution in [3.05, 3.63) is 36.5 Å². The highest BCUT2D eigenvalue weighted by molar-refractivity contribution is 5.71. The normalized spacial score (nSPS) is 12.2. The van der Waals surface area contributed by atoms with Gasteiger partial charge in [-0.25, -0.2) is 0 Å². The van der Waals surface area contributed by atoms with Gasteiger partial charge in [-0.15, -0.1) is 0 Å². The Morgan fingerprint density at radius 1 is 0.235 bits per heavy atom. The van der Waals surface area contributed by atoms with Crippen molar-refractivity contribution < 1.29 is 28.6 Å². The van der Waals surface area contributed by atoms with Gasteiger partial charge in [-0.3, -0.25) is 14.4 Å². The van der Waals surface area contributed by atoms with E-state index in [-0.39, 0.29) is 31.1 Å². The molecule has 0 heterocycles. The molecule has 6 heteroatoms. The number of ether oxygens (including phenoxy) is 3. The number of carbonyl (C=O) groups is 3. The molecule has 476 valence electrons. The maximum absolute atomic E-state index is 12.9. The van der Waals surface area contributed by atoms with Crippen LogP contribution in [-0.4, -0.2) is 37.2 Å². The number of unbranched alkanes of at least 4 members (excludes halogenated alkanes) is 51. The van der Waals surface area contributed by atoms with Crippen LogP contribution >= 0.6 is 0 Å². The standard InChI is InChI=1S/C75H140O6/c1-4-7-10-13-16-19-22-25-28-30-31-32-33-34-35-36-37-38-39-40-41-42-43-45-47-50-53-56-59-62-65-68-74(77)80-71-72(70-79-73(76)67-64-61-58-55-52-49-46-27-24-21-18-15-12-9-6-3)81-75(78)69-66-63-60-57-54-51-48-44-29-26-23-20-17-14-11-8-5-2/h26-27,29-31,46,72H,4-25,28,32-45,47-71H2,1-3H3/b29-26-,31-30-,46-27-. The minimum atomic E-state index is -0.777. The summed E-state index contributed by atoms with van der Waals surface area (Å²) in [5, 5.41) is 0. The fourth-order valence-electron chi connectivity index (χ4n) is 11.1. The van der Waals surface area contributed by atoms with E-state index in [2.05, 4.69) is 57.2 Å². The molecule has 81 heavy (non-hydrogen) atoms. The SMILES string of the molecule is CCCCCCCC/C=C\CCCCCCCCCC(=O)OC(COC(=O)CCCCCCC/C=C\CCCCCCCC)COC(=O)CCCCCCCCCCCCCCCCCCCCC/C=C\CCCCCCCCCC. The Balaban J connectivity index is 4.17. The second kappa shape index (κ2) is 70.1. The van der Waals surface area contributed by atoms with E-state index in [1.165, 1.54) is 302 Å². The van der Waals surface area contributed by atoms with Crippen molar-refractivity contribution in [2.24, 2.45) is 0 Å². The number of allylic oxidation sites excluding steroid dienone is 6. The molecule has 6 nitrogen and oxygen atoms in total. The van der Waals surface area contributed by atoms with Gasteiger partial charge in [0.15, 0.2) is 6.10 Å². The van der Waals surface area contributed by atoms with E-state index in [9.17, 15) is 14.4 Å². The molecule has 0 radical (unpaired) electrons. The van der Waals surface area contributed by atoms with Crippen LogP contribution in [0.5, 0.6) is 0 Å². The second-order valence-electron chi connectivity index (χ2n) is 24.8. The van der Waals surface area contributed by atoms with Crippen LogP contribution < -0.4 is 0 Å². The Labute approximate surface area is 506 Å². The lowest BCUT2D eigenvalue weighted by atomic mass is 10.0. The van der Waals surface area contributed by atoms with Gasteiger partial charge < -0.3 is 14.2 Å². The van der Waals surface area contributed by atoms with E-state index in [0.29, 0.717) is 19.3 Å². The second-order valence-corrected chi connectivity index (χ2v) is 24.8. The molecule has 0 N–H and O–H groups in total. The van der Waals surface area contributed by atoms with Gasteiger partial charge in [0.1, 0.15) is 13.2 Å². The molecule has 0 aliphatic carbocycles. The van der Waals surface area contributed by atoms with Crippen LogP contribution in [0.4, 0.5) is 0 Å². The average Bonchev–Trinajstić information content (AvgIpc) is 3.47. The lowest BCUT2D eigenvalue weighted by Gasteiger charge is -2.18. The van der Waals surface area contributed by atoms with E-state index in [1.807, 2.05) is 0 Å². The molecule has 1 atom stereocenters. The molecule has 0 bridgehead atoms. The van der Waals surface area contributed by atoms with E-state index in [1.54, 1.807) is 0 Å². The third-order valence-electron chi connectivity index (χ3n) is 16.6. The van der Waals surface area contributed by atoms with Gasteiger partial charge in [0.25, 0.3) is 0 Å². The van der Waals surface area contributed by atoms with Gasteiger partial charge in [0.2, 0.25) is 0 Å². The topological polar surface area (TPSA) is 78.9 Å². The van der Waals surface area contributed by atoms with Crippen LogP contribution in [0.15, 0.2) is 36.5 Å². The molecule has 0 aromatic carbocycles. The Kier molecular flexibility index (Phi) is 68.1. The molecule has 0 rings (SSSR count). The lowest BCUT2D eigenvalue weighted by Crippen LogP contribution is -2.30. The first kappa shape index (κ1) is 78.6. The van der Waals surface area contributed by atoms with Gasteiger partial charge in [-0.1, -0.05) is 327 Å². The van der Waals surface area contributed by atoms with Crippen molar-refractivity contribution in [1.29, 1.82) is 0 Å². The third kappa shape index (κ3) is 68.3. The number of carbonyl (C=O) groups excluding carboxylic acids is 3. The van der Waals surface area contributed by atoms with Crippen molar-refractivity contribution in [3.8, 4) is 0 Å². The zero-order chi connectivity index (χ0) is 58.5. The predicted octanol–water partition coefficient (Wildman–Crippen LogP) is 25.1. The summed E-state index contributed by atoms with van der Waals surface area (Å²) in [5.41, 5.74) is 0. The van der Waals surface area contributed by atoms with Crippen LogP contribution in [0.2, 0.25) is 0 Å². The number of esters is 3. The molecule has 0 saturated carbocycles. The van der Waals surface area contributed by atoms with Crippen LogP contribution in [0.1, 0.15) is 406 Å². The molecule has 0 fully saturated rings. The first-order chi connectivity index (χ1) is 40.0. The van der Waals surface area contributed by atoms with Crippen LogP contribution in [0, 0.1) is 0 Å². The Morgan fingerprint density at radius 3 is 0.617 bits per heavy atom. The summed E-state index contributed by atoms with van der Waals surface area (Å²) in [7, 11) is 0. The highest BCUT2D eigenvalue weighted by Gasteiger charge is 2.19. The monoisotopic (exact) mass is 1140 g/mol. The number of hydrogen-bond donors (Lipinski definition) is 0. The van der Waals surface area contributed by atoms with E-state index in [4.69, 9.17) is 14.2 Å². The fourth-order valence-corrected chi connectivity index (χ4v) is 11.1. The zero-order valence-corrected chi connectivity index (χ0v) is 54.8. The molecule has 0 aromatic heterocycles. The largest absolute Gasteiger partial charge is 0.462 e. The van der Waals surface area contributed by atoms with E-state index < -0.39 is 6.10 Å². The van der Waals surface area contributed by atoms with Gasteiger partial charge in [-0.2, -0.15) is 0 Å². The number of hydrogen-bond acceptors (Lipinski definition) is 6. The average molecular weight is 1140 g/mol. The summed E-state index contributed by atoms with van der Waals surface area (Å²) < 4.78 is 17.0. The smallest absolute Gasteiger partial charge is 0.306 e. The fraction of sp³-hybridized carbons (Fsp3) is 0.880. The maximum Gasteiger partial charge on any atom is 0.306 e. The minimum absolute atomic E-state index is 0.0719. The minimum Gasteiger partial charge on any atom is -0.462 e. The first-order valence-electron chi connectivity index (χ1n) is 36.5. The molecule has 0 aliphatic rings. The molecule has 0 amide bonds. The molecule has 0 aromatic rings. The molecular formula is C75H140O6. The van der Waals surface area contributed by atoms with Gasteiger partial charge in [0, 0.05) is 19.3 Å². The summed E-state index contributed by atoms with van der Waals surface area (Å²) >= 11 is 0. The van der Waals surface area contributed by atoms with Gasteiger partial charge in [-0.05, 0) is 96.3 Å². The van der Waals surface area contributed by atoms with Crippen molar-refractivity contribution >= 4 is 17.9 Å². The number of rotatable bonds is 68. The quantitative estimate of drug-likeness (QED) is 0.0261. The van der Waals surface area contributed by atoms with E-state index in [0.717, 1.165) is 64.2 Å². The molecule has 0 aliphatic heterocycles. The van der Waals surface area contributed by atoms with Crippen LogP contribution in [0.25, 0.3) is 0 Å². The molecule has 0 spiro atoms. The highest BCUT2D eigenvalue weighted by Crippen LogP contribution is 2.18. The molecule has 1 unspecified atom stereocenters. The summed E-state index contributed by atoms with van der Waals surface area (Å²) in [4.78, 5) is 38.4. The van der Waals surface area contributed by atoms with E-state index >= 15 is 0 Å². The third-order valence-corrected chi connectivity index (χ3v) is 16.6. The highest BCUT2D eigenvalue weighted by atomic mass is 16.6. The van der Waals surface area contributed by atoms with Gasteiger partial charge in [0.05, 0.1) is 0 Å². The maximum atomic E-state index is 12.9. The van der Waals surface area contributed by atoms with Crippen molar-refractivity contribution in [3.63, 3.8) is 0 Å². The molecular weight excluding hydrogens is 997 g/mol. The Morgan fingerprint density at radius 2 is 0.407 bits per heavy atom. The van der Waals surface area contributed by atoms with Crippen LogP contribution in [0.3, 0.4) is 0 Å². The predicted molar refractivity (Wildman–Crippen MR) is 353 cm³/mol. The van der Waals surface area contributed by atoms with Crippen molar-refractivity contribution in [2.75, 3.05) is 13.2 Å². The van der Waals surface area contributed by atoms with Crippen LogP contribution in [-0.2, 0) is 28.6 Å². The van der Waals surface area contributed by atoms with Gasteiger partial charge >= 0.3 is 17.9 Å².